The Morgan fingerprint density at radius 3 is 2.31 bits per heavy atom. The number of hydrogen-bond donors (Lipinski definition) is 0. The third kappa shape index (κ3) is 4.18. The molecule has 0 radical (unpaired) electrons. The maximum Gasteiger partial charge on any atom is 0.253 e. The third-order valence-electron chi connectivity index (χ3n) is 5.01. The lowest BCUT2D eigenvalue weighted by molar-refractivity contribution is 0.0746. The number of rotatable bonds is 4. The number of carbonyl (C=O) groups is 1. The highest BCUT2D eigenvalue weighted by molar-refractivity contribution is 5.94. The van der Waals surface area contributed by atoms with Gasteiger partial charge in [-0.1, -0.05) is 0 Å². The quantitative estimate of drug-likeness (QED) is 0.683. The summed E-state index contributed by atoms with van der Waals surface area (Å²) in [7, 11) is 1.62. The predicted octanol–water partition coefficient (Wildman–Crippen LogP) is 2.82. The van der Waals surface area contributed by atoms with Gasteiger partial charge >= 0.3 is 0 Å². The van der Waals surface area contributed by atoms with Crippen LogP contribution in [0.1, 0.15) is 16.1 Å². The highest BCUT2D eigenvalue weighted by Gasteiger charge is 2.23. The molecule has 0 bridgehead atoms. The number of aryl methyl sites for hydroxylation is 1. The lowest BCUT2D eigenvalue weighted by Gasteiger charge is -2.35. The first-order valence-electron chi connectivity index (χ1n) is 9.58. The number of anilines is 1. The van der Waals surface area contributed by atoms with Crippen LogP contribution in [0.2, 0.25) is 0 Å². The number of nitrogens with zero attached hydrogens (tertiary/aromatic N) is 5. The van der Waals surface area contributed by atoms with Crippen LogP contribution in [0.15, 0.2) is 54.9 Å². The van der Waals surface area contributed by atoms with Crippen LogP contribution in [0.3, 0.4) is 0 Å². The number of pyridine rings is 1. The second-order valence-electron chi connectivity index (χ2n) is 6.93. The number of ether oxygens (including phenoxy) is 1. The molecule has 0 saturated carbocycles. The zero-order valence-electron chi connectivity index (χ0n) is 16.6. The van der Waals surface area contributed by atoms with Gasteiger partial charge in [0.25, 0.3) is 5.91 Å². The standard InChI is InChI=1S/C22H23N5O2/c1-16-15-20(25-21(24-16)17-7-9-23-10-8-17)26-11-13-27(14-12-26)22(28)18-3-5-19(29-2)6-4-18/h3-10,15H,11-14H2,1-2H3. The lowest BCUT2D eigenvalue weighted by Crippen LogP contribution is -2.49. The lowest BCUT2D eigenvalue weighted by atomic mass is 10.1. The number of amides is 1. The summed E-state index contributed by atoms with van der Waals surface area (Å²) >= 11 is 0. The van der Waals surface area contributed by atoms with Crippen LogP contribution in [0.25, 0.3) is 11.4 Å². The molecule has 0 atom stereocenters. The first kappa shape index (κ1) is 18.9. The average Bonchev–Trinajstić information content (AvgIpc) is 2.79. The molecule has 148 valence electrons. The van der Waals surface area contributed by atoms with Crippen LogP contribution >= 0.6 is 0 Å². The van der Waals surface area contributed by atoms with Crippen LogP contribution in [0, 0.1) is 6.92 Å². The Bertz CT molecular complexity index is 984. The fraction of sp³-hybridized carbons (Fsp3) is 0.273. The van der Waals surface area contributed by atoms with E-state index in [2.05, 4.69) is 14.9 Å². The van der Waals surface area contributed by atoms with Gasteiger partial charge in [-0.2, -0.15) is 0 Å². The van der Waals surface area contributed by atoms with Gasteiger partial charge in [0.05, 0.1) is 7.11 Å². The molecule has 0 N–H and O–H groups in total. The molecular weight excluding hydrogens is 366 g/mol. The summed E-state index contributed by atoms with van der Waals surface area (Å²) in [6.45, 7) is 4.73. The van der Waals surface area contributed by atoms with Crippen LogP contribution in [-0.4, -0.2) is 59.0 Å². The van der Waals surface area contributed by atoms with Gasteiger partial charge in [-0.15, -0.1) is 0 Å². The molecule has 0 spiro atoms. The Kier molecular flexibility index (Phi) is 5.37. The van der Waals surface area contributed by atoms with Gasteiger partial charge in [0.15, 0.2) is 5.82 Å². The summed E-state index contributed by atoms with van der Waals surface area (Å²) in [6, 6.07) is 13.0. The molecular formula is C22H23N5O2. The van der Waals surface area contributed by atoms with E-state index in [0.717, 1.165) is 35.9 Å². The largest absolute Gasteiger partial charge is 0.497 e. The number of methoxy groups -OCH3 is 1. The van der Waals surface area contributed by atoms with Crippen molar-refractivity contribution < 1.29 is 9.53 Å². The molecule has 0 unspecified atom stereocenters. The summed E-state index contributed by atoms with van der Waals surface area (Å²) < 4.78 is 5.16. The van der Waals surface area contributed by atoms with Crippen LogP contribution in [0.4, 0.5) is 5.82 Å². The predicted molar refractivity (Wildman–Crippen MR) is 111 cm³/mol. The fourth-order valence-corrected chi connectivity index (χ4v) is 3.40. The minimum absolute atomic E-state index is 0.0450. The Morgan fingerprint density at radius 1 is 0.966 bits per heavy atom. The Morgan fingerprint density at radius 2 is 1.66 bits per heavy atom. The van der Waals surface area contributed by atoms with E-state index >= 15 is 0 Å². The number of benzene rings is 1. The summed E-state index contributed by atoms with van der Waals surface area (Å²) in [6.07, 6.45) is 3.48. The van der Waals surface area contributed by atoms with E-state index in [1.165, 1.54) is 0 Å². The third-order valence-corrected chi connectivity index (χ3v) is 5.01. The van der Waals surface area contributed by atoms with E-state index in [0.29, 0.717) is 24.5 Å². The van der Waals surface area contributed by atoms with Crippen LogP contribution in [-0.2, 0) is 0 Å². The van der Waals surface area contributed by atoms with E-state index in [1.807, 2.05) is 54.3 Å². The van der Waals surface area contributed by atoms with E-state index in [4.69, 9.17) is 9.72 Å². The monoisotopic (exact) mass is 389 g/mol. The van der Waals surface area contributed by atoms with Crippen molar-refractivity contribution in [3.63, 3.8) is 0 Å². The minimum atomic E-state index is 0.0450. The van der Waals surface area contributed by atoms with Crippen molar-refractivity contribution in [3.8, 4) is 17.1 Å². The van der Waals surface area contributed by atoms with Crippen molar-refractivity contribution in [3.05, 3.63) is 66.1 Å². The second-order valence-corrected chi connectivity index (χ2v) is 6.93. The first-order chi connectivity index (χ1) is 14.1. The zero-order chi connectivity index (χ0) is 20.2. The van der Waals surface area contributed by atoms with E-state index in [1.54, 1.807) is 19.5 Å². The van der Waals surface area contributed by atoms with Crippen molar-refractivity contribution in [1.29, 1.82) is 0 Å². The van der Waals surface area contributed by atoms with Gasteiger partial charge in [0, 0.05) is 61.5 Å². The van der Waals surface area contributed by atoms with Crippen molar-refractivity contribution in [2.24, 2.45) is 0 Å². The molecule has 1 amide bonds. The van der Waals surface area contributed by atoms with Gasteiger partial charge in [0.1, 0.15) is 11.6 Å². The zero-order valence-corrected chi connectivity index (χ0v) is 16.6. The number of carbonyl (C=O) groups excluding carboxylic acids is 1. The Labute approximate surface area is 170 Å². The molecule has 1 aliphatic heterocycles. The normalized spacial score (nSPS) is 14.0. The van der Waals surface area contributed by atoms with Gasteiger partial charge < -0.3 is 14.5 Å². The number of hydrogen-bond acceptors (Lipinski definition) is 6. The molecule has 7 nitrogen and oxygen atoms in total. The summed E-state index contributed by atoms with van der Waals surface area (Å²) in [4.78, 5) is 30.2. The topological polar surface area (TPSA) is 71.5 Å². The molecule has 2 aromatic heterocycles. The van der Waals surface area contributed by atoms with Crippen molar-refractivity contribution >= 4 is 11.7 Å². The summed E-state index contributed by atoms with van der Waals surface area (Å²) in [5, 5.41) is 0. The highest BCUT2D eigenvalue weighted by Crippen LogP contribution is 2.21. The molecule has 3 aromatic rings. The molecule has 1 aliphatic rings. The Hall–Kier alpha value is -3.48. The number of aromatic nitrogens is 3. The second kappa shape index (κ2) is 8.26. The average molecular weight is 389 g/mol. The van der Waals surface area contributed by atoms with E-state index < -0.39 is 0 Å². The van der Waals surface area contributed by atoms with E-state index in [-0.39, 0.29) is 5.91 Å². The van der Waals surface area contributed by atoms with Gasteiger partial charge in [0.2, 0.25) is 0 Å². The molecule has 4 rings (SSSR count). The molecule has 29 heavy (non-hydrogen) atoms. The maximum atomic E-state index is 12.8. The molecule has 7 heteroatoms. The molecule has 1 aromatic carbocycles. The summed E-state index contributed by atoms with van der Waals surface area (Å²) in [5.41, 5.74) is 2.54. The molecule has 0 aliphatic carbocycles. The van der Waals surface area contributed by atoms with Crippen molar-refractivity contribution in [2.75, 3.05) is 38.2 Å². The van der Waals surface area contributed by atoms with Gasteiger partial charge in [-0.3, -0.25) is 9.78 Å². The SMILES string of the molecule is COc1ccc(C(=O)N2CCN(c3cc(C)nc(-c4ccncc4)n3)CC2)cc1. The van der Waals surface area contributed by atoms with Crippen LogP contribution in [0.5, 0.6) is 5.75 Å². The Balaban J connectivity index is 1.45. The molecule has 1 saturated heterocycles. The molecule has 1 fully saturated rings. The highest BCUT2D eigenvalue weighted by atomic mass is 16.5. The first-order valence-corrected chi connectivity index (χ1v) is 9.58. The van der Waals surface area contributed by atoms with E-state index in [9.17, 15) is 4.79 Å². The van der Waals surface area contributed by atoms with Crippen molar-refractivity contribution in [2.45, 2.75) is 6.92 Å². The molecule has 3 heterocycles. The minimum Gasteiger partial charge on any atom is -0.497 e. The summed E-state index contributed by atoms with van der Waals surface area (Å²) in [5.74, 6) is 2.37. The maximum absolute atomic E-state index is 12.8. The van der Waals surface area contributed by atoms with Crippen molar-refractivity contribution in [1.82, 2.24) is 19.9 Å². The number of piperazine rings is 1. The van der Waals surface area contributed by atoms with Gasteiger partial charge in [-0.25, -0.2) is 9.97 Å². The van der Waals surface area contributed by atoms with Crippen LogP contribution < -0.4 is 9.64 Å². The fourth-order valence-electron chi connectivity index (χ4n) is 3.40. The smallest absolute Gasteiger partial charge is 0.253 e. The van der Waals surface area contributed by atoms with Gasteiger partial charge in [-0.05, 0) is 43.3 Å².